The molecule has 1 aromatic carbocycles. The van der Waals surface area contributed by atoms with Crippen LogP contribution in [-0.2, 0) is 11.2 Å². The molecule has 2 nitrogen and oxygen atoms in total. The van der Waals surface area contributed by atoms with Crippen molar-refractivity contribution < 1.29 is 4.74 Å². The van der Waals surface area contributed by atoms with Crippen LogP contribution in [0, 0.1) is 5.92 Å². The molecule has 1 aliphatic rings. The molecule has 0 aliphatic carbocycles. The highest BCUT2D eigenvalue weighted by molar-refractivity contribution is 5.15. The van der Waals surface area contributed by atoms with E-state index >= 15 is 0 Å². The van der Waals surface area contributed by atoms with Crippen molar-refractivity contribution in [1.82, 2.24) is 5.32 Å². The van der Waals surface area contributed by atoms with E-state index in [1.807, 2.05) is 0 Å². The average molecular weight is 247 g/mol. The Labute approximate surface area is 111 Å². The van der Waals surface area contributed by atoms with Gasteiger partial charge in [0.1, 0.15) is 0 Å². The number of benzene rings is 1. The van der Waals surface area contributed by atoms with Crippen LogP contribution in [0.4, 0.5) is 0 Å². The molecule has 1 fully saturated rings. The van der Waals surface area contributed by atoms with Crippen LogP contribution in [-0.4, -0.2) is 25.3 Å². The van der Waals surface area contributed by atoms with E-state index < -0.39 is 0 Å². The minimum absolute atomic E-state index is 0.423. The summed E-state index contributed by atoms with van der Waals surface area (Å²) in [6, 6.07) is 11.3. The summed E-state index contributed by atoms with van der Waals surface area (Å²) in [7, 11) is 0. The van der Waals surface area contributed by atoms with Gasteiger partial charge in [-0.1, -0.05) is 37.3 Å². The number of nitrogens with one attached hydrogen (secondary N) is 1. The lowest BCUT2D eigenvalue weighted by Gasteiger charge is -2.21. The molecule has 3 atom stereocenters. The highest BCUT2D eigenvalue weighted by atomic mass is 16.5. The summed E-state index contributed by atoms with van der Waals surface area (Å²) in [5.74, 6) is 0.690. The van der Waals surface area contributed by atoms with Crippen molar-refractivity contribution in [1.29, 1.82) is 0 Å². The molecule has 1 aromatic rings. The number of hydrogen-bond donors (Lipinski definition) is 1. The van der Waals surface area contributed by atoms with Gasteiger partial charge in [-0.15, -0.1) is 0 Å². The Hall–Kier alpha value is -0.860. The smallest absolute Gasteiger partial charge is 0.0588 e. The van der Waals surface area contributed by atoms with Crippen molar-refractivity contribution >= 4 is 0 Å². The third kappa shape index (κ3) is 3.82. The number of hydrogen-bond acceptors (Lipinski definition) is 2. The summed E-state index contributed by atoms with van der Waals surface area (Å²) in [5, 5.41) is 3.71. The van der Waals surface area contributed by atoms with Gasteiger partial charge in [-0.05, 0) is 37.7 Å². The van der Waals surface area contributed by atoms with Crippen molar-refractivity contribution in [2.75, 3.05) is 13.2 Å². The first-order valence-corrected chi connectivity index (χ1v) is 7.18. The molecule has 0 spiro atoms. The third-order valence-electron chi connectivity index (χ3n) is 4.02. The van der Waals surface area contributed by atoms with E-state index in [1.165, 1.54) is 18.4 Å². The molecular weight excluding hydrogens is 222 g/mol. The largest absolute Gasteiger partial charge is 0.378 e. The van der Waals surface area contributed by atoms with Crippen molar-refractivity contribution in [3.05, 3.63) is 35.9 Å². The Morgan fingerprint density at radius 2 is 2.11 bits per heavy atom. The fraction of sp³-hybridized carbons (Fsp3) is 0.625. The summed E-state index contributed by atoms with van der Waals surface area (Å²) in [4.78, 5) is 0. The molecule has 0 saturated carbocycles. The Bertz CT molecular complexity index is 338. The minimum Gasteiger partial charge on any atom is -0.378 e. The van der Waals surface area contributed by atoms with Gasteiger partial charge in [0, 0.05) is 19.2 Å². The molecule has 100 valence electrons. The van der Waals surface area contributed by atoms with Gasteiger partial charge in [-0.3, -0.25) is 0 Å². The second-order valence-corrected chi connectivity index (χ2v) is 5.33. The first-order chi connectivity index (χ1) is 8.79. The second kappa shape index (κ2) is 6.91. The van der Waals surface area contributed by atoms with Gasteiger partial charge in [0.15, 0.2) is 0 Å². The molecule has 1 N–H and O–H groups in total. The first-order valence-electron chi connectivity index (χ1n) is 7.18. The molecule has 18 heavy (non-hydrogen) atoms. The molecule has 0 amide bonds. The lowest BCUT2D eigenvalue weighted by atomic mass is 10.00. The molecule has 3 unspecified atom stereocenters. The van der Waals surface area contributed by atoms with E-state index in [-0.39, 0.29) is 0 Å². The lowest BCUT2D eigenvalue weighted by molar-refractivity contribution is 0.105. The fourth-order valence-corrected chi connectivity index (χ4v) is 2.62. The van der Waals surface area contributed by atoms with Crippen LogP contribution >= 0.6 is 0 Å². The maximum absolute atomic E-state index is 5.61. The van der Waals surface area contributed by atoms with Crippen LogP contribution in [0.3, 0.4) is 0 Å². The van der Waals surface area contributed by atoms with Gasteiger partial charge < -0.3 is 10.1 Å². The predicted molar refractivity (Wildman–Crippen MR) is 75.7 cm³/mol. The Kier molecular flexibility index (Phi) is 5.21. The van der Waals surface area contributed by atoms with Crippen LogP contribution < -0.4 is 5.32 Å². The van der Waals surface area contributed by atoms with E-state index in [0.717, 1.165) is 19.6 Å². The van der Waals surface area contributed by atoms with Gasteiger partial charge in [0.25, 0.3) is 0 Å². The summed E-state index contributed by atoms with van der Waals surface area (Å²) in [6.07, 6.45) is 3.93. The van der Waals surface area contributed by atoms with Gasteiger partial charge in [0.2, 0.25) is 0 Å². The second-order valence-electron chi connectivity index (χ2n) is 5.33. The zero-order valence-electron chi connectivity index (χ0n) is 11.6. The van der Waals surface area contributed by atoms with E-state index in [0.29, 0.717) is 18.1 Å². The Morgan fingerprint density at radius 1 is 1.33 bits per heavy atom. The minimum atomic E-state index is 0.423. The third-order valence-corrected chi connectivity index (χ3v) is 4.02. The summed E-state index contributed by atoms with van der Waals surface area (Å²) in [5.41, 5.74) is 1.42. The van der Waals surface area contributed by atoms with Crippen molar-refractivity contribution in [3.63, 3.8) is 0 Å². The predicted octanol–water partition coefficient (Wildman–Crippen LogP) is 3.02. The maximum Gasteiger partial charge on any atom is 0.0588 e. The highest BCUT2D eigenvalue weighted by Crippen LogP contribution is 2.19. The SMILES string of the molecule is CCC(Cc1ccccc1)NCC1CCOC1C. The fourth-order valence-electron chi connectivity index (χ4n) is 2.62. The van der Waals surface area contributed by atoms with E-state index in [2.05, 4.69) is 49.5 Å². The molecule has 2 heteroatoms. The number of ether oxygens (including phenoxy) is 1. The molecular formula is C16H25NO. The van der Waals surface area contributed by atoms with Gasteiger partial charge in [-0.2, -0.15) is 0 Å². The molecule has 0 bridgehead atoms. The molecule has 1 heterocycles. The van der Waals surface area contributed by atoms with Gasteiger partial charge in [0.05, 0.1) is 6.10 Å². The molecule has 0 aromatic heterocycles. The molecule has 1 saturated heterocycles. The van der Waals surface area contributed by atoms with Crippen molar-refractivity contribution in [3.8, 4) is 0 Å². The van der Waals surface area contributed by atoms with Crippen LogP contribution in [0.1, 0.15) is 32.3 Å². The van der Waals surface area contributed by atoms with Crippen LogP contribution in [0.25, 0.3) is 0 Å². The normalized spacial score (nSPS) is 25.2. The van der Waals surface area contributed by atoms with E-state index in [1.54, 1.807) is 0 Å². The lowest BCUT2D eigenvalue weighted by Crippen LogP contribution is -2.36. The monoisotopic (exact) mass is 247 g/mol. The zero-order valence-corrected chi connectivity index (χ0v) is 11.6. The summed E-state index contributed by atoms with van der Waals surface area (Å²) in [6.45, 7) is 6.47. The molecule has 1 aliphatic heterocycles. The van der Waals surface area contributed by atoms with Gasteiger partial charge >= 0.3 is 0 Å². The van der Waals surface area contributed by atoms with E-state index in [9.17, 15) is 0 Å². The van der Waals surface area contributed by atoms with Crippen molar-refractivity contribution in [2.24, 2.45) is 5.92 Å². The number of rotatable bonds is 6. The van der Waals surface area contributed by atoms with Crippen LogP contribution in [0.15, 0.2) is 30.3 Å². The van der Waals surface area contributed by atoms with E-state index in [4.69, 9.17) is 4.74 Å². The zero-order chi connectivity index (χ0) is 12.8. The average Bonchev–Trinajstić information content (AvgIpc) is 2.81. The quantitative estimate of drug-likeness (QED) is 0.834. The highest BCUT2D eigenvalue weighted by Gasteiger charge is 2.24. The Morgan fingerprint density at radius 3 is 2.72 bits per heavy atom. The molecule has 0 radical (unpaired) electrons. The summed E-state index contributed by atoms with van der Waals surface area (Å²) >= 11 is 0. The standard InChI is InChI=1S/C16H25NO/c1-3-16(11-14-7-5-4-6-8-14)17-12-15-9-10-18-13(15)2/h4-8,13,15-17H,3,9-12H2,1-2H3. The van der Waals surface area contributed by atoms with Crippen molar-refractivity contribution in [2.45, 2.75) is 45.3 Å². The molecule has 2 rings (SSSR count). The first kappa shape index (κ1) is 13.6. The van der Waals surface area contributed by atoms with Gasteiger partial charge in [-0.25, -0.2) is 0 Å². The topological polar surface area (TPSA) is 21.3 Å². The Balaban J connectivity index is 1.79. The summed E-state index contributed by atoms with van der Waals surface area (Å²) < 4.78 is 5.61. The maximum atomic E-state index is 5.61. The van der Waals surface area contributed by atoms with Crippen LogP contribution in [0.2, 0.25) is 0 Å². The van der Waals surface area contributed by atoms with Crippen LogP contribution in [0.5, 0.6) is 0 Å².